The van der Waals surface area contributed by atoms with Crippen molar-refractivity contribution in [2.24, 2.45) is 0 Å². The minimum absolute atomic E-state index is 0. The van der Waals surface area contributed by atoms with Gasteiger partial charge in [0, 0.05) is 5.56 Å². The predicted octanol–water partition coefficient (Wildman–Crippen LogP) is 9.44. The number of unbranched alkanes of at least 4 members (excludes halogenated alkanes) is 7. The van der Waals surface area contributed by atoms with Crippen molar-refractivity contribution in [3.8, 4) is 11.5 Å². The van der Waals surface area contributed by atoms with Gasteiger partial charge in [-0.1, -0.05) is 105 Å². The number of aromatic hydroxyl groups is 2. The zero-order valence-corrected chi connectivity index (χ0v) is 19.0. The number of carbonyl (C=O) groups excluding carboxylic acids is 1. The highest BCUT2D eigenvalue weighted by Gasteiger charge is 1.88. The van der Waals surface area contributed by atoms with Crippen LogP contribution in [-0.4, -0.2) is 16.5 Å². The van der Waals surface area contributed by atoms with Crippen molar-refractivity contribution in [3.05, 3.63) is 65.7 Å². The van der Waals surface area contributed by atoms with Crippen molar-refractivity contribution < 1.29 is 15.0 Å². The summed E-state index contributed by atoms with van der Waals surface area (Å²) in [6.45, 7) is 6.70. The van der Waals surface area contributed by atoms with E-state index < -0.39 is 0 Å². The van der Waals surface area contributed by atoms with E-state index in [0.29, 0.717) is 11.3 Å². The van der Waals surface area contributed by atoms with Gasteiger partial charge in [-0.2, -0.15) is 0 Å². The van der Waals surface area contributed by atoms with Crippen LogP contribution in [0.15, 0.2) is 54.6 Å². The molecule has 0 spiro atoms. The lowest BCUT2D eigenvalue weighted by atomic mass is 10.1. The van der Waals surface area contributed by atoms with Gasteiger partial charge in [-0.15, -0.1) is 0 Å². The first kappa shape index (κ1) is 34.1. The van der Waals surface area contributed by atoms with Crippen molar-refractivity contribution in [1.29, 1.82) is 0 Å². The van der Waals surface area contributed by atoms with Crippen LogP contribution in [0.1, 0.15) is 109 Å². The molecule has 0 aliphatic carbocycles. The largest absolute Gasteiger partial charge is 0.508 e. The number of rotatable bonds is 10. The standard InChI is InChI=1S/C13H18O.C7H6O2.C7H16.2CH4/c1-2-3-4-5-6-7-12-8-10-13(14)11-9-12;8-5-6-1-3-7(9)4-2-6;1-3-5-7-6-4-2;;/h6-11,14H,2-5H2,1H3;1-5,9H;3-7H2,1-2H3;2*1H4/b7-6+;;;;. The second-order valence-corrected chi connectivity index (χ2v) is 7.26. The van der Waals surface area contributed by atoms with Crippen molar-refractivity contribution in [2.45, 2.75) is 93.4 Å². The highest BCUT2D eigenvalue weighted by atomic mass is 16.3. The van der Waals surface area contributed by atoms with Gasteiger partial charge in [0.15, 0.2) is 0 Å². The van der Waals surface area contributed by atoms with E-state index in [1.54, 1.807) is 24.3 Å². The fraction of sp³-hybridized carbons (Fsp3) is 0.483. The molecule has 2 rings (SSSR count). The highest BCUT2D eigenvalue weighted by molar-refractivity contribution is 5.74. The molecule has 0 heterocycles. The van der Waals surface area contributed by atoms with Crippen molar-refractivity contribution >= 4 is 12.4 Å². The minimum Gasteiger partial charge on any atom is -0.508 e. The van der Waals surface area contributed by atoms with Crippen molar-refractivity contribution in [1.82, 2.24) is 0 Å². The van der Waals surface area contributed by atoms with E-state index in [4.69, 9.17) is 10.2 Å². The Morgan fingerprint density at radius 2 is 1.03 bits per heavy atom. The van der Waals surface area contributed by atoms with Gasteiger partial charge >= 0.3 is 0 Å². The summed E-state index contributed by atoms with van der Waals surface area (Å²) in [4.78, 5) is 10.0. The topological polar surface area (TPSA) is 57.5 Å². The predicted molar refractivity (Wildman–Crippen MR) is 143 cm³/mol. The van der Waals surface area contributed by atoms with Gasteiger partial charge in [-0.05, 0) is 54.8 Å². The van der Waals surface area contributed by atoms with Crippen LogP contribution in [0.2, 0.25) is 0 Å². The maximum absolute atomic E-state index is 10.0. The molecule has 2 aromatic carbocycles. The Morgan fingerprint density at radius 3 is 1.44 bits per heavy atom. The van der Waals surface area contributed by atoms with Crippen LogP contribution in [0.25, 0.3) is 6.08 Å². The number of hydrogen-bond donors (Lipinski definition) is 2. The Morgan fingerprint density at radius 1 is 0.625 bits per heavy atom. The van der Waals surface area contributed by atoms with Crippen LogP contribution in [-0.2, 0) is 0 Å². The number of hydrogen-bond acceptors (Lipinski definition) is 3. The summed E-state index contributed by atoms with van der Waals surface area (Å²) in [5, 5.41) is 17.8. The quantitative estimate of drug-likeness (QED) is 0.283. The minimum atomic E-state index is 0. The van der Waals surface area contributed by atoms with E-state index in [9.17, 15) is 4.79 Å². The summed E-state index contributed by atoms with van der Waals surface area (Å²) in [7, 11) is 0. The fourth-order valence-corrected chi connectivity index (χ4v) is 2.55. The van der Waals surface area contributed by atoms with Gasteiger partial charge in [-0.3, -0.25) is 4.79 Å². The Kier molecular flexibility index (Phi) is 26.3. The summed E-state index contributed by atoms with van der Waals surface area (Å²) < 4.78 is 0. The number of carbonyl (C=O) groups is 1. The lowest BCUT2D eigenvalue weighted by molar-refractivity contribution is 0.112. The molecule has 0 aliphatic heterocycles. The molecule has 32 heavy (non-hydrogen) atoms. The number of phenolic OH excluding ortho intramolecular Hbond substituents is 2. The maximum Gasteiger partial charge on any atom is 0.150 e. The molecule has 0 aliphatic rings. The molecule has 0 unspecified atom stereocenters. The third-order valence-electron chi connectivity index (χ3n) is 4.41. The average Bonchev–Trinajstić information content (AvgIpc) is 2.77. The van der Waals surface area contributed by atoms with Crippen LogP contribution < -0.4 is 0 Å². The normalized spacial score (nSPS) is 9.34. The van der Waals surface area contributed by atoms with Crippen LogP contribution in [0, 0.1) is 0 Å². The molecular formula is C29H48O3. The van der Waals surface area contributed by atoms with Crippen LogP contribution in [0.4, 0.5) is 0 Å². The third-order valence-corrected chi connectivity index (χ3v) is 4.41. The smallest absolute Gasteiger partial charge is 0.150 e. The van der Waals surface area contributed by atoms with E-state index in [2.05, 4.69) is 32.9 Å². The van der Waals surface area contributed by atoms with Crippen LogP contribution >= 0.6 is 0 Å². The van der Waals surface area contributed by atoms with Gasteiger partial charge in [-0.25, -0.2) is 0 Å². The molecule has 2 N–H and O–H groups in total. The van der Waals surface area contributed by atoms with Gasteiger partial charge < -0.3 is 10.2 Å². The Labute approximate surface area is 198 Å². The lowest BCUT2D eigenvalue weighted by Crippen LogP contribution is -1.74. The molecule has 0 saturated carbocycles. The third kappa shape index (κ3) is 20.7. The number of aldehydes is 1. The summed E-state index contributed by atoms with van der Waals surface area (Å²) in [6, 6.07) is 13.3. The highest BCUT2D eigenvalue weighted by Crippen LogP contribution is 2.11. The first-order valence-electron chi connectivity index (χ1n) is 11.3. The van der Waals surface area contributed by atoms with E-state index >= 15 is 0 Å². The first-order valence-corrected chi connectivity index (χ1v) is 11.3. The number of allylic oxidation sites excluding steroid dienone is 1. The Bertz CT molecular complexity index is 654. The molecule has 0 saturated heterocycles. The molecule has 0 bridgehead atoms. The molecule has 182 valence electrons. The van der Waals surface area contributed by atoms with Gasteiger partial charge in [0.25, 0.3) is 0 Å². The SMILES string of the molecule is C.C.CCCCC/C=C/c1ccc(O)cc1.CCCCCCC.O=Cc1ccc(O)cc1. The fourth-order valence-electron chi connectivity index (χ4n) is 2.55. The molecule has 0 fully saturated rings. The van der Waals surface area contributed by atoms with Crippen LogP contribution in [0.3, 0.4) is 0 Å². The summed E-state index contributed by atoms with van der Waals surface area (Å²) >= 11 is 0. The monoisotopic (exact) mass is 444 g/mol. The Hall–Kier alpha value is -2.55. The molecule has 0 atom stereocenters. The Balaban J connectivity index is -0.000000409. The molecule has 0 amide bonds. The van der Waals surface area contributed by atoms with E-state index in [1.165, 1.54) is 63.5 Å². The number of phenols is 2. The molecule has 3 nitrogen and oxygen atoms in total. The first-order chi connectivity index (χ1) is 14.6. The summed E-state index contributed by atoms with van der Waals surface area (Å²) in [5.74, 6) is 0.508. The molecule has 3 heteroatoms. The second kappa shape index (κ2) is 24.7. The zero-order valence-electron chi connectivity index (χ0n) is 19.0. The molecule has 0 radical (unpaired) electrons. The number of benzene rings is 2. The van der Waals surface area contributed by atoms with Crippen LogP contribution in [0.5, 0.6) is 11.5 Å². The second-order valence-electron chi connectivity index (χ2n) is 7.26. The summed E-state index contributed by atoms with van der Waals surface area (Å²) in [5.41, 5.74) is 1.73. The molecular weight excluding hydrogens is 396 g/mol. The molecule has 0 aromatic heterocycles. The van der Waals surface area contributed by atoms with E-state index in [1.807, 2.05) is 12.1 Å². The van der Waals surface area contributed by atoms with E-state index in [-0.39, 0.29) is 20.6 Å². The van der Waals surface area contributed by atoms with Crippen molar-refractivity contribution in [2.75, 3.05) is 0 Å². The average molecular weight is 445 g/mol. The lowest BCUT2D eigenvalue weighted by Gasteiger charge is -1.94. The van der Waals surface area contributed by atoms with Crippen molar-refractivity contribution in [3.63, 3.8) is 0 Å². The maximum atomic E-state index is 10.0. The molecule has 2 aromatic rings. The zero-order chi connectivity index (χ0) is 22.5. The van der Waals surface area contributed by atoms with Gasteiger partial charge in [0.2, 0.25) is 0 Å². The summed E-state index contributed by atoms with van der Waals surface area (Å²) in [6.07, 6.45) is 17.0. The van der Waals surface area contributed by atoms with Gasteiger partial charge in [0.1, 0.15) is 17.8 Å². The van der Waals surface area contributed by atoms with Gasteiger partial charge in [0.05, 0.1) is 0 Å². The van der Waals surface area contributed by atoms with E-state index in [0.717, 1.165) is 18.3 Å².